The van der Waals surface area contributed by atoms with Gasteiger partial charge in [-0.3, -0.25) is 4.79 Å². The Morgan fingerprint density at radius 3 is 2.71 bits per heavy atom. The molecular weight excluding hydrogens is 216 g/mol. The van der Waals surface area contributed by atoms with E-state index in [0.717, 1.165) is 37.9 Å². The van der Waals surface area contributed by atoms with Crippen molar-refractivity contribution >= 4 is 12.0 Å². The largest absolute Gasteiger partial charge is 0.393 e. The Bertz CT molecular complexity index is 457. The number of hydrogen-bond acceptors (Lipinski definition) is 4. The van der Waals surface area contributed by atoms with Crippen LogP contribution in [0.5, 0.6) is 0 Å². The highest BCUT2D eigenvalue weighted by Crippen LogP contribution is 2.24. The summed E-state index contributed by atoms with van der Waals surface area (Å²) in [6.07, 6.45) is 1.96. The summed E-state index contributed by atoms with van der Waals surface area (Å²) in [4.78, 5) is 12.7. The summed E-state index contributed by atoms with van der Waals surface area (Å²) >= 11 is 0. The molecule has 1 fully saturated rings. The number of aliphatic hydroxyl groups excluding tert-OH is 1. The van der Waals surface area contributed by atoms with Gasteiger partial charge in [-0.15, -0.1) is 0 Å². The van der Waals surface area contributed by atoms with Crippen LogP contribution < -0.4 is 4.90 Å². The van der Waals surface area contributed by atoms with Crippen molar-refractivity contribution in [2.75, 3.05) is 18.0 Å². The Kier molecular flexibility index (Phi) is 3.40. The lowest BCUT2D eigenvalue weighted by atomic mass is 10.0. The number of benzene rings is 1. The van der Waals surface area contributed by atoms with Crippen LogP contribution in [0.4, 0.5) is 5.69 Å². The van der Waals surface area contributed by atoms with Crippen LogP contribution >= 0.6 is 0 Å². The third kappa shape index (κ3) is 2.45. The molecule has 1 saturated heterocycles. The predicted molar refractivity (Wildman–Crippen MR) is 64.0 cm³/mol. The second-order valence-corrected chi connectivity index (χ2v) is 4.22. The molecule has 88 valence electrons. The van der Waals surface area contributed by atoms with E-state index < -0.39 is 0 Å². The number of nitriles is 1. The van der Waals surface area contributed by atoms with Crippen molar-refractivity contribution in [1.29, 1.82) is 5.26 Å². The molecule has 0 amide bonds. The van der Waals surface area contributed by atoms with Gasteiger partial charge in [0, 0.05) is 18.7 Å². The van der Waals surface area contributed by atoms with Crippen molar-refractivity contribution in [3.8, 4) is 6.07 Å². The number of aldehydes is 1. The topological polar surface area (TPSA) is 64.3 Å². The highest BCUT2D eigenvalue weighted by molar-refractivity contribution is 5.78. The van der Waals surface area contributed by atoms with Crippen LogP contribution in [0.1, 0.15) is 28.8 Å². The van der Waals surface area contributed by atoms with Gasteiger partial charge in [0.1, 0.15) is 12.4 Å². The molecule has 4 nitrogen and oxygen atoms in total. The molecule has 0 saturated carbocycles. The van der Waals surface area contributed by atoms with E-state index in [0.29, 0.717) is 11.1 Å². The minimum atomic E-state index is -0.231. The van der Waals surface area contributed by atoms with E-state index in [1.165, 1.54) is 0 Å². The minimum Gasteiger partial charge on any atom is -0.393 e. The summed E-state index contributed by atoms with van der Waals surface area (Å²) in [7, 11) is 0. The van der Waals surface area contributed by atoms with E-state index >= 15 is 0 Å². The average Bonchev–Trinajstić information content (AvgIpc) is 2.39. The minimum absolute atomic E-state index is 0.231. The number of carbonyl (C=O) groups excluding carboxylic acids is 1. The van der Waals surface area contributed by atoms with Gasteiger partial charge >= 0.3 is 0 Å². The quantitative estimate of drug-likeness (QED) is 0.778. The maximum absolute atomic E-state index is 10.6. The molecule has 17 heavy (non-hydrogen) atoms. The number of piperidine rings is 1. The number of carbonyl (C=O) groups is 1. The van der Waals surface area contributed by atoms with Crippen LogP contribution in [0.25, 0.3) is 0 Å². The molecule has 1 N–H and O–H groups in total. The van der Waals surface area contributed by atoms with E-state index in [1.54, 1.807) is 18.2 Å². The van der Waals surface area contributed by atoms with E-state index in [1.807, 2.05) is 0 Å². The number of rotatable bonds is 2. The zero-order valence-corrected chi connectivity index (χ0v) is 9.47. The Balaban J connectivity index is 2.26. The van der Waals surface area contributed by atoms with Crippen molar-refractivity contribution in [2.45, 2.75) is 18.9 Å². The van der Waals surface area contributed by atoms with E-state index in [-0.39, 0.29) is 6.10 Å². The van der Waals surface area contributed by atoms with Crippen LogP contribution in [-0.2, 0) is 0 Å². The molecule has 1 heterocycles. The second kappa shape index (κ2) is 4.98. The van der Waals surface area contributed by atoms with Crippen molar-refractivity contribution < 1.29 is 9.90 Å². The van der Waals surface area contributed by atoms with Gasteiger partial charge < -0.3 is 10.0 Å². The molecule has 0 bridgehead atoms. The van der Waals surface area contributed by atoms with Crippen LogP contribution in [0.3, 0.4) is 0 Å². The molecule has 1 aromatic rings. The van der Waals surface area contributed by atoms with Gasteiger partial charge in [0.15, 0.2) is 0 Å². The fourth-order valence-corrected chi connectivity index (χ4v) is 2.10. The molecular formula is C13H14N2O2. The number of aliphatic hydroxyl groups is 1. The van der Waals surface area contributed by atoms with Crippen molar-refractivity contribution in [3.63, 3.8) is 0 Å². The molecule has 0 spiro atoms. The zero-order valence-electron chi connectivity index (χ0n) is 9.47. The van der Waals surface area contributed by atoms with Crippen molar-refractivity contribution in [3.05, 3.63) is 29.3 Å². The Labute approximate surface area is 100 Å². The van der Waals surface area contributed by atoms with Gasteiger partial charge in [-0.1, -0.05) is 0 Å². The third-order valence-electron chi connectivity index (χ3n) is 3.08. The summed E-state index contributed by atoms with van der Waals surface area (Å²) < 4.78 is 0. The second-order valence-electron chi connectivity index (χ2n) is 4.22. The highest BCUT2D eigenvalue weighted by atomic mass is 16.3. The lowest BCUT2D eigenvalue weighted by Crippen LogP contribution is -2.36. The molecule has 0 aromatic heterocycles. The number of hydrogen-bond donors (Lipinski definition) is 1. The fraction of sp³-hybridized carbons (Fsp3) is 0.385. The standard InChI is InChI=1S/C13H14N2O2/c14-8-11-7-10(9-16)1-2-13(11)15-5-3-12(17)4-6-15/h1-2,7,9,12,17H,3-6H2. The lowest BCUT2D eigenvalue weighted by molar-refractivity contribution is 0.112. The van der Waals surface area contributed by atoms with Crippen molar-refractivity contribution in [1.82, 2.24) is 0 Å². The lowest BCUT2D eigenvalue weighted by Gasteiger charge is -2.32. The molecule has 1 aliphatic heterocycles. The maximum Gasteiger partial charge on any atom is 0.150 e. The van der Waals surface area contributed by atoms with Crippen LogP contribution in [0, 0.1) is 11.3 Å². The van der Waals surface area contributed by atoms with Crippen LogP contribution in [0.15, 0.2) is 18.2 Å². The molecule has 2 rings (SSSR count). The first kappa shape index (κ1) is 11.6. The van der Waals surface area contributed by atoms with Gasteiger partial charge in [0.05, 0.1) is 17.4 Å². The van der Waals surface area contributed by atoms with Crippen LogP contribution in [-0.4, -0.2) is 30.6 Å². The average molecular weight is 230 g/mol. The first-order chi connectivity index (χ1) is 8.24. The molecule has 0 unspecified atom stereocenters. The van der Waals surface area contributed by atoms with E-state index in [2.05, 4.69) is 11.0 Å². The highest BCUT2D eigenvalue weighted by Gasteiger charge is 2.19. The first-order valence-corrected chi connectivity index (χ1v) is 5.67. The van der Waals surface area contributed by atoms with Gasteiger partial charge in [-0.05, 0) is 31.0 Å². The summed E-state index contributed by atoms with van der Waals surface area (Å²) in [5.41, 5.74) is 1.89. The summed E-state index contributed by atoms with van der Waals surface area (Å²) in [5, 5.41) is 18.5. The normalized spacial score (nSPS) is 16.6. The van der Waals surface area contributed by atoms with Crippen LogP contribution in [0.2, 0.25) is 0 Å². The maximum atomic E-state index is 10.6. The van der Waals surface area contributed by atoms with Gasteiger partial charge in [0.25, 0.3) is 0 Å². The number of nitrogens with zero attached hydrogens (tertiary/aromatic N) is 2. The van der Waals surface area contributed by atoms with E-state index in [4.69, 9.17) is 5.26 Å². The summed E-state index contributed by atoms with van der Waals surface area (Å²) in [6, 6.07) is 7.24. The predicted octanol–water partition coefficient (Wildman–Crippen LogP) is 1.33. The van der Waals surface area contributed by atoms with Crippen molar-refractivity contribution in [2.24, 2.45) is 0 Å². The third-order valence-corrected chi connectivity index (χ3v) is 3.08. The molecule has 0 aliphatic carbocycles. The molecule has 4 heteroatoms. The fourth-order valence-electron chi connectivity index (χ4n) is 2.10. The zero-order chi connectivity index (χ0) is 12.3. The van der Waals surface area contributed by atoms with Gasteiger partial charge in [-0.25, -0.2) is 0 Å². The Morgan fingerprint density at radius 2 is 2.12 bits per heavy atom. The Morgan fingerprint density at radius 1 is 1.41 bits per heavy atom. The smallest absolute Gasteiger partial charge is 0.150 e. The monoisotopic (exact) mass is 230 g/mol. The van der Waals surface area contributed by atoms with E-state index in [9.17, 15) is 9.90 Å². The SMILES string of the molecule is N#Cc1cc(C=O)ccc1N1CCC(O)CC1. The Hall–Kier alpha value is -1.86. The van der Waals surface area contributed by atoms with Gasteiger partial charge in [0.2, 0.25) is 0 Å². The number of anilines is 1. The first-order valence-electron chi connectivity index (χ1n) is 5.67. The van der Waals surface area contributed by atoms with Gasteiger partial charge in [-0.2, -0.15) is 5.26 Å². The summed E-state index contributed by atoms with van der Waals surface area (Å²) in [6.45, 7) is 1.49. The molecule has 0 atom stereocenters. The molecule has 1 aromatic carbocycles. The molecule has 1 aliphatic rings. The summed E-state index contributed by atoms with van der Waals surface area (Å²) in [5.74, 6) is 0. The molecule has 0 radical (unpaired) electrons.